The van der Waals surface area contributed by atoms with Gasteiger partial charge in [-0.1, -0.05) is 123 Å². The first kappa shape index (κ1) is 33.0. The minimum Gasteiger partial charge on any atom is -0.745 e. The van der Waals surface area contributed by atoms with Crippen molar-refractivity contribution in [1.29, 1.82) is 0 Å². The topological polar surface area (TPSA) is 57.2 Å². The van der Waals surface area contributed by atoms with Crippen molar-refractivity contribution in [2.24, 2.45) is 0 Å². The third-order valence-electron chi connectivity index (χ3n) is 6.01. The number of hydrogen-bond acceptors (Lipinski definition) is 3. The molecule has 0 radical (unpaired) electrons. The van der Waals surface area contributed by atoms with Gasteiger partial charge in [-0.25, -0.2) is 12.8 Å². The zero-order chi connectivity index (χ0) is 21.8. The average molecular weight is 459 g/mol. The van der Waals surface area contributed by atoms with E-state index in [9.17, 15) is 17.4 Å². The minimum atomic E-state index is -4.90. The van der Waals surface area contributed by atoms with Crippen LogP contribution in [0.2, 0.25) is 0 Å². The molecule has 0 fully saturated rings. The average Bonchev–Trinajstić information content (AvgIpc) is 2.67. The van der Waals surface area contributed by atoms with Gasteiger partial charge in [-0.2, -0.15) is 0 Å². The summed E-state index contributed by atoms with van der Waals surface area (Å²) in [5.74, 6) is 0. The molecule has 6 heteroatoms. The number of unbranched alkanes of at least 4 members (excludes halogenated alkanes) is 17. The van der Waals surface area contributed by atoms with E-state index in [1.807, 2.05) is 0 Å². The van der Waals surface area contributed by atoms with Crippen LogP contribution >= 0.6 is 0 Å². The Hall–Kier alpha value is 0.840. The molecule has 3 nitrogen and oxygen atoms in total. The first-order chi connectivity index (χ1) is 13.9. The molecule has 0 amide bonds. The van der Waals surface area contributed by atoms with Gasteiger partial charge in [0.15, 0.2) is 5.00 Å². The fourth-order valence-corrected chi connectivity index (χ4v) is 4.74. The molecule has 0 saturated heterocycles. The first-order valence-corrected chi connectivity index (χ1v) is 13.9. The van der Waals surface area contributed by atoms with Gasteiger partial charge < -0.3 is 4.55 Å². The SMILES string of the molecule is CCCCCCCCCCCCCC(F)(CCCCCCCCCC)S(=O)(=O)[O-].[Na+]. The summed E-state index contributed by atoms with van der Waals surface area (Å²) in [4.78, 5) is 0. The van der Waals surface area contributed by atoms with Crippen LogP contribution in [-0.2, 0) is 10.1 Å². The van der Waals surface area contributed by atoms with Gasteiger partial charge >= 0.3 is 29.6 Å². The Kier molecular flexibility index (Phi) is 23.9. The third kappa shape index (κ3) is 18.4. The maximum atomic E-state index is 14.9. The van der Waals surface area contributed by atoms with Crippen LogP contribution in [0.15, 0.2) is 0 Å². The Morgan fingerprint density at radius 2 is 0.800 bits per heavy atom. The predicted octanol–water partition coefficient (Wildman–Crippen LogP) is 5.43. The molecular weight excluding hydrogens is 410 g/mol. The second-order valence-electron chi connectivity index (χ2n) is 8.85. The molecule has 0 rings (SSSR count). The third-order valence-corrected chi connectivity index (χ3v) is 7.31. The molecule has 0 N–H and O–H groups in total. The van der Waals surface area contributed by atoms with Crippen molar-refractivity contribution < 1.29 is 46.9 Å². The number of hydrogen-bond donors (Lipinski definition) is 0. The number of halogens is 1. The summed E-state index contributed by atoms with van der Waals surface area (Å²) in [5, 5.41) is -2.56. The van der Waals surface area contributed by atoms with Gasteiger partial charge in [0.25, 0.3) is 0 Å². The Bertz CT molecular complexity index is 459. The largest absolute Gasteiger partial charge is 1.00 e. The molecule has 1 atom stereocenters. The van der Waals surface area contributed by atoms with Gasteiger partial charge in [0, 0.05) is 0 Å². The zero-order valence-corrected chi connectivity index (χ0v) is 23.2. The van der Waals surface area contributed by atoms with Crippen molar-refractivity contribution in [3.63, 3.8) is 0 Å². The standard InChI is InChI=1S/C24H49FO3S.Na/c1-3-5-7-9-11-13-14-15-17-19-21-23-24(25,29(26,27)28)22-20-18-16-12-10-8-6-4-2;/h3-23H2,1-2H3,(H,26,27,28);/q;+1/p-1. The van der Waals surface area contributed by atoms with Crippen molar-refractivity contribution in [3.8, 4) is 0 Å². The smallest absolute Gasteiger partial charge is 0.745 e. The fraction of sp³-hybridized carbons (Fsp3) is 1.00. The van der Waals surface area contributed by atoms with Gasteiger partial charge in [0.1, 0.15) is 10.1 Å². The summed E-state index contributed by atoms with van der Waals surface area (Å²) >= 11 is 0. The normalized spacial score (nSPS) is 13.7. The van der Waals surface area contributed by atoms with E-state index >= 15 is 0 Å². The fourth-order valence-electron chi connectivity index (χ4n) is 3.95. The van der Waals surface area contributed by atoms with Crippen molar-refractivity contribution in [2.75, 3.05) is 0 Å². The monoisotopic (exact) mass is 458 g/mol. The van der Waals surface area contributed by atoms with Gasteiger partial charge in [-0.05, 0) is 25.7 Å². The molecule has 0 aromatic rings. The molecule has 176 valence electrons. The number of alkyl halides is 1. The van der Waals surface area contributed by atoms with Crippen LogP contribution in [0.4, 0.5) is 4.39 Å². The van der Waals surface area contributed by atoms with E-state index in [1.54, 1.807) is 0 Å². The van der Waals surface area contributed by atoms with Crippen LogP contribution in [0, 0.1) is 0 Å². The van der Waals surface area contributed by atoms with E-state index in [2.05, 4.69) is 13.8 Å². The zero-order valence-electron chi connectivity index (χ0n) is 20.4. The van der Waals surface area contributed by atoms with Crippen molar-refractivity contribution in [2.45, 2.75) is 154 Å². The molecule has 0 bridgehead atoms. The summed E-state index contributed by atoms with van der Waals surface area (Å²) in [7, 11) is -4.90. The van der Waals surface area contributed by atoms with Crippen molar-refractivity contribution in [1.82, 2.24) is 0 Å². The summed E-state index contributed by atoms with van der Waals surface area (Å²) < 4.78 is 49.3. The molecule has 0 aliphatic rings. The van der Waals surface area contributed by atoms with E-state index < -0.39 is 15.1 Å². The van der Waals surface area contributed by atoms with Crippen LogP contribution in [0.5, 0.6) is 0 Å². The molecule has 0 saturated carbocycles. The second-order valence-corrected chi connectivity index (χ2v) is 10.5. The first-order valence-electron chi connectivity index (χ1n) is 12.5. The van der Waals surface area contributed by atoms with Gasteiger partial charge in [0.05, 0.1) is 0 Å². The molecule has 0 aromatic carbocycles. The quantitative estimate of drug-likeness (QED) is 0.123. The van der Waals surface area contributed by atoms with E-state index in [0.29, 0.717) is 12.8 Å². The molecule has 0 aromatic heterocycles. The second kappa shape index (κ2) is 21.7. The maximum Gasteiger partial charge on any atom is 1.00 e. The summed E-state index contributed by atoms with van der Waals surface area (Å²) in [5.41, 5.74) is 0. The van der Waals surface area contributed by atoms with Gasteiger partial charge in [0.2, 0.25) is 0 Å². The Morgan fingerprint density at radius 1 is 0.567 bits per heavy atom. The Balaban J connectivity index is 0. The van der Waals surface area contributed by atoms with E-state index in [-0.39, 0.29) is 42.4 Å². The van der Waals surface area contributed by atoms with Crippen LogP contribution in [-0.4, -0.2) is 18.0 Å². The maximum absolute atomic E-state index is 14.9. The Labute approximate surface area is 209 Å². The number of rotatable bonds is 22. The van der Waals surface area contributed by atoms with Crippen LogP contribution in [0.1, 0.15) is 149 Å². The summed E-state index contributed by atoms with van der Waals surface area (Å²) in [6.07, 6.45) is 20.5. The molecule has 0 aliphatic heterocycles. The van der Waals surface area contributed by atoms with E-state index in [0.717, 1.165) is 38.5 Å². The molecule has 0 spiro atoms. The minimum absolute atomic E-state index is 0. The van der Waals surface area contributed by atoms with Crippen LogP contribution in [0.25, 0.3) is 0 Å². The van der Waals surface area contributed by atoms with E-state index in [1.165, 1.54) is 70.6 Å². The molecule has 1 unspecified atom stereocenters. The van der Waals surface area contributed by atoms with Crippen LogP contribution in [0.3, 0.4) is 0 Å². The Morgan fingerprint density at radius 3 is 1.03 bits per heavy atom. The predicted molar refractivity (Wildman–Crippen MR) is 122 cm³/mol. The summed E-state index contributed by atoms with van der Waals surface area (Å²) in [6.45, 7) is 4.40. The molecule has 0 aliphatic carbocycles. The van der Waals surface area contributed by atoms with Gasteiger partial charge in [-0.15, -0.1) is 0 Å². The van der Waals surface area contributed by atoms with Crippen molar-refractivity contribution >= 4 is 10.1 Å². The summed E-state index contributed by atoms with van der Waals surface area (Å²) in [6, 6.07) is 0. The van der Waals surface area contributed by atoms with Crippen molar-refractivity contribution in [3.05, 3.63) is 0 Å². The molecular formula is C24H48FNaO3S. The van der Waals surface area contributed by atoms with E-state index in [4.69, 9.17) is 0 Å². The molecule has 30 heavy (non-hydrogen) atoms. The van der Waals surface area contributed by atoms with Gasteiger partial charge in [-0.3, -0.25) is 0 Å². The molecule has 0 heterocycles. The van der Waals surface area contributed by atoms with Crippen LogP contribution < -0.4 is 29.6 Å².